The number of nitrogens with two attached hydrogens (primary N) is 1. The molecule has 5 rings (SSSR count). The van der Waals surface area contributed by atoms with Gasteiger partial charge in [0.15, 0.2) is 0 Å². The molecule has 2 heterocycles. The van der Waals surface area contributed by atoms with Crippen molar-refractivity contribution < 1.29 is 4.79 Å². The summed E-state index contributed by atoms with van der Waals surface area (Å²) in [7, 11) is 0. The standard InChI is InChI=1S/C24H22N4O/c25-21-11-5-3-10-20(21)24(29)28-15-13-27(14-16-28)23-19-9-2-1-7-17(19)18-8-4-6-12-22(18)26-23/h1-12H,13-16,25H2. The Morgan fingerprint density at radius 3 is 2.14 bits per heavy atom. The van der Waals surface area contributed by atoms with Crippen LogP contribution in [0.4, 0.5) is 11.5 Å². The van der Waals surface area contributed by atoms with E-state index in [1.165, 1.54) is 10.8 Å². The predicted octanol–water partition coefficient (Wildman–Crippen LogP) is 3.93. The summed E-state index contributed by atoms with van der Waals surface area (Å²) in [5.41, 5.74) is 8.10. The molecule has 5 heteroatoms. The number of piperazine rings is 1. The third-order valence-corrected chi connectivity index (χ3v) is 5.65. The van der Waals surface area contributed by atoms with Crippen LogP contribution in [0.2, 0.25) is 0 Å². The fraction of sp³-hybridized carbons (Fsp3) is 0.167. The number of hydrogen-bond donors (Lipinski definition) is 1. The quantitative estimate of drug-likeness (QED) is 0.421. The van der Waals surface area contributed by atoms with Crippen LogP contribution in [0.15, 0.2) is 72.8 Å². The van der Waals surface area contributed by atoms with Gasteiger partial charge in [-0.05, 0) is 23.6 Å². The van der Waals surface area contributed by atoms with Crippen molar-refractivity contribution in [2.75, 3.05) is 36.8 Å². The van der Waals surface area contributed by atoms with Crippen LogP contribution < -0.4 is 10.6 Å². The number of carbonyl (C=O) groups excluding carboxylic acids is 1. The summed E-state index contributed by atoms with van der Waals surface area (Å²) in [4.78, 5) is 22.0. The topological polar surface area (TPSA) is 62.5 Å². The highest BCUT2D eigenvalue weighted by Gasteiger charge is 2.25. The highest BCUT2D eigenvalue weighted by atomic mass is 16.2. The van der Waals surface area contributed by atoms with Crippen LogP contribution in [0.1, 0.15) is 10.4 Å². The molecule has 1 aromatic heterocycles. The highest BCUT2D eigenvalue weighted by Crippen LogP contribution is 2.31. The Balaban J connectivity index is 1.44. The molecule has 0 atom stereocenters. The molecule has 0 unspecified atom stereocenters. The van der Waals surface area contributed by atoms with Gasteiger partial charge in [-0.25, -0.2) is 4.98 Å². The van der Waals surface area contributed by atoms with Crippen molar-refractivity contribution >= 4 is 39.1 Å². The number of benzene rings is 3. The van der Waals surface area contributed by atoms with Crippen molar-refractivity contribution in [3.63, 3.8) is 0 Å². The summed E-state index contributed by atoms with van der Waals surface area (Å²) in [5.74, 6) is 0.990. The Labute approximate surface area is 169 Å². The van der Waals surface area contributed by atoms with Crippen molar-refractivity contribution in [3.8, 4) is 0 Å². The van der Waals surface area contributed by atoms with Gasteiger partial charge in [0.05, 0.1) is 11.1 Å². The summed E-state index contributed by atoms with van der Waals surface area (Å²) >= 11 is 0. The number of aromatic nitrogens is 1. The van der Waals surface area contributed by atoms with E-state index in [-0.39, 0.29) is 5.91 Å². The lowest BCUT2D eigenvalue weighted by atomic mass is 10.1. The molecule has 0 saturated carbocycles. The molecular weight excluding hydrogens is 360 g/mol. The minimum Gasteiger partial charge on any atom is -0.398 e. The number of nitrogens with zero attached hydrogens (tertiary/aromatic N) is 3. The van der Waals surface area contributed by atoms with Crippen molar-refractivity contribution in [1.29, 1.82) is 0 Å². The Morgan fingerprint density at radius 2 is 1.38 bits per heavy atom. The van der Waals surface area contributed by atoms with Gasteiger partial charge in [-0.1, -0.05) is 54.6 Å². The van der Waals surface area contributed by atoms with Gasteiger partial charge in [-0.2, -0.15) is 0 Å². The van der Waals surface area contributed by atoms with E-state index in [4.69, 9.17) is 10.7 Å². The van der Waals surface area contributed by atoms with Crippen molar-refractivity contribution in [3.05, 3.63) is 78.4 Å². The normalized spacial score (nSPS) is 14.5. The fourth-order valence-corrected chi connectivity index (χ4v) is 4.11. The zero-order chi connectivity index (χ0) is 19.8. The second-order valence-electron chi connectivity index (χ2n) is 7.36. The van der Waals surface area contributed by atoms with Crippen molar-refractivity contribution in [2.24, 2.45) is 0 Å². The van der Waals surface area contributed by atoms with Crippen LogP contribution in [-0.4, -0.2) is 42.0 Å². The molecule has 29 heavy (non-hydrogen) atoms. The number of fused-ring (bicyclic) bond motifs is 3. The van der Waals surface area contributed by atoms with Crippen LogP contribution in [0.5, 0.6) is 0 Å². The minimum atomic E-state index is -0.000853. The van der Waals surface area contributed by atoms with Crippen LogP contribution in [0, 0.1) is 0 Å². The SMILES string of the molecule is Nc1ccccc1C(=O)N1CCN(c2nc3ccccc3c3ccccc23)CC1. The molecule has 0 aliphatic carbocycles. The maximum atomic E-state index is 12.9. The van der Waals surface area contributed by atoms with Gasteiger partial charge >= 0.3 is 0 Å². The van der Waals surface area contributed by atoms with E-state index < -0.39 is 0 Å². The average molecular weight is 382 g/mol. The molecule has 0 spiro atoms. The van der Waals surface area contributed by atoms with E-state index in [1.807, 2.05) is 23.1 Å². The smallest absolute Gasteiger partial charge is 0.256 e. The molecule has 3 aromatic carbocycles. The number of rotatable bonds is 2. The number of carbonyl (C=O) groups is 1. The average Bonchev–Trinajstić information content (AvgIpc) is 2.78. The van der Waals surface area contributed by atoms with E-state index in [0.717, 1.165) is 29.8 Å². The molecule has 5 nitrogen and oxygen atoms in total. The first kappa shape index (κ1) is 17.5. The number of anilines is 2. The first-order valence-corrected chi connectivity index (χ1v) is 9.88. The molecular formula is C24H22N4O. The number of pyridine rings is 1. The van der Waals surface area contributed by atoms with E-state index in [1.54, 1.807) is 12.1 Å². The molecule has 1 amide bonds. The molecule has 1 saturated heterocycles. The van der Waals surface area contributed by atoms with Crippen LogP contribution in [0.25, 0.3) is 21.7 Å². The summed E-state index contributed by atoms with van der Waals surface area (Å²) in [5, 5.41) is 3.53. The maximum absolute atomic E-state index is 12.9. The molecule has 2 N–H and O–H groups in total. The summed E-state index contributed by atoms with van der Waals surface area (Å²) in [6.07, 6.45) is 0. The molecule has 1 aliphatic rings. The second-order valence-corrected chi connectivity index (χ2v) is 7.36. The summed E-state index contributed by atoms with van der Waals surface area (Å²) in [6, 6.07) is 23.9. The summed E-state index contributed by atoms with van der Waals surface area (Å²) in [6.45, 7) is 2.79. The first-order valence-electron chi connectivity index (χ1n) is 9.88. The lowest BCUT2D eigenvalue weighted by Gasteiger charge is -2.36. The van der Waals surface area contributed by atoms with E-state index >= 15 is 0 Å². The molecule has 144 valence electrons. The van der Waals surface area contributed by atoms with Gasteiger partial charge in [0.2, 0.25) is 0 Å². The van der Waals surface area contributed by atoms with Crippen molar-refractivity contribution in [2.45, 2.75) is 0 Å². The maximum Gasteiger partial charge on any atom is 0.256 e. The first-order chi connectivity index (χ1) is 14.2. The monoisotopic (exact) mass is 382 g/mol. The fourth-order valence-electron chi connectivity index (χ4n) is 4.11. The van der Waals surface area contributed by atoms with Crippen molar-refractivity contribution in [1.82, 2.24) is 9.88 Å². The highest BCUT2D eigenvalue weighted by molar-refractivity contribution is 6.10. The number of hydrogen-bond acceptors (Lipinski definition) is 4. The molecule has 0 bridgehead atoms. The zero-order valence-electron chi connectivity index (χ0n) is 16.1. The molecule has 1 aliphatic heterocycles. The van der Waals surface area contributed by atoms with Crippen LogP contribution >= 0.6 is 0 Å². The van der Waals surface area contributed by atoms with Gasteiger partial charge in [0.1, 0.15) is 5.82 Å². The van der Waals surface area contributed by atoms with E-state index in [9.17, 15) is 4.79 Å². The van der Waals surface area contributed by atoms with Gasteiger partial charge in [0, 0.05) is 42.6 Å². The largest absolute Gasteiger partial charge is 0.398 e. The van der Waals surface area contributed by atoms with E-state index in [2.05, 4.69) is 47.4 Å². The lowest BCUT2D eigenvalue weighted by molar-refractivity contribution is 0.0747. The van der Waals surface area contributed by atoms with Gasteiger partial charge in [-0.15, -0.1) is 0 Å². The third-order valence-electron chi connectivity index (χ3n) is 5.65. The van der Waals surface area contributed by atoms with Gasteiger partial charge in [-0.3, -0.25) is 4.79 Å². The molecule has 0 radical (unpaired) electrons. The predicted molar refractivity (Wildman–Crippen MR) is 118 cm³/mol. The summed E-state index contributed by atoms with van der Waals surface area (Å²) < 4.78 is 0. The van der Waals surface area contributed by atoms with Crippen LogP contribution in [0.3, 0.4) is 0 Å². The third kappa shape index (κ3) is 3.05. The lowest BCUT2D eigenvalue weighted by Crippen LogP contribution is -2.49. The number of amides is 1. The second kappa shape index (κ2) is 7.09. The van der Waals surface area contributed by atoms with E-state index in [0.29, 0.717) is 24.3 Å². The number of nitrogen functional groups attached to an aromatic ring is 1. The van der Waals surface area contributed by atoms with Gasteiger partial charge < -0.3 is 15.5 Å². The molecule has 1 fully saturated rings. The Hall–Kier alpha value is -3.60. The Bertz CT molecular complexity index is 1210. The number of para-hydroxylation sites is 2. The van der Waals surface area contributed by atoms with Crippen LogP contribution in [-0.2, 0) is 0 Å². The Kier molecular flexibility index (Phi) is 4.28. The zero-order valence-corrected chi connectivity index (χ0v) is 16.1. The van der Waals surface area contributed by atoms with Gasteiger partial charge in [0.25, 0.3) is 5.91 Å². The minimum absolute atomic E-state index is 0.000853. The molecule has 4 aromatic rings. The Morgan fingerprint density at radius 1 is 0.759 bits per heavy atom.